The summed E-state index contributed by atoms with van der Waals surface area (Å²) in [6.07, 6.45) is 0.887. The van der Waals surface area contributed by atoms with Gasteiger partial charge in [0.15, 0.2) is 5.96 Å². The summed E-state index contributed by atoms with van der Waals surface area (Å²) in [5, 5.41) is 3.12. The molecule has 0 aliphatic carbocycles. The van der Waals surface area contributed by atoms with Crippen molar-refractivity contribution in [3.05, 3.63) is 71.5 Å². The first-order valence-electron chi connectivity index (χ1n) is 8.06. The number of guanidine groups is 1. The Morgan fingerprint density at radius 3 is 2.58 bits per heavy atom. The molecule has 4 nitrogen and oxygen atoms in total. The topological polar surface area (TPSA) is 53.6 Å². The van der Waals surface area contributed by atoms with Gasteiger partial charge in [-0.1, -0.05) is 42.5 Å². The molecule has 0 fully saturated rings. The predicted octanol–water partition coefficient (Wildman–Crippen LogP) is 2.58. The smallest absolute Gasteiger partial charge is 0.188 e. The molecule has 0 saturated carbocycles. The zero-order valence-corrected chi connectivity index (χ0v) is 14.2. The summed E-state index contributed by atoms with van der Waals surface area (Å²) in [6, 6.07) is 16.8. The second-order valence-corrected chi connectivity index (χ2v) is 5.92. The number of nitrogens with two attached hydrogens (primary N) is 1. The van der Waals surface area contributed by atoms with Crippen LogP contribution < -0.4 is 11.1 Å². The first-order chi connectivity index (χ1) is 11.6. The van der Waals surface area contributed by atoms with Gasteiger partial charge in [-0.2, -0.15) is 0 Å². The van der Waals surface area contributed by atoms with Crippen molar-refractivity contribution in [1.82, 2.24) is 10.2 Å². The Labute approximate surface area is 143 Å². The quantitative estimate of drug-likeness (QED) is 0.607. The minimum Gasteiger partial charge on any atom is -0.370 e. The zero-order valence-electron chi connectivity index (χ0n) is 14.2. The number of rotatable bonds is 7. The van der Waals surface area contributed by atoms with Crippen molar-refractivity contribution in [2.45, 2.75) is 12.5 Å². The van der Waals surface area contributed by atoms with Gasteiger partial charge in [-0.05, 0) is 43.8 Å². The number of hydrogen-bond donors (Lipinski definition) is 2. The first kappa shape index (κ1) is 17.9. The Bertz CT molecular complexity index is 655. The van der Waals surface area contributed by atoms with E-state index in [-0.39, 0.29) is 11.9 Å². The Morgan fingerprint density at radius 1 is 1.17 bits per heavy atom. The Balaban J connectivity index is 1.89. The van der Waals surface area contributed by atoms with E-state index in [1.54, 1.807) is 12.1 Å². The lowest BCUT2D eigenvalue weighted by Crippen LogP contribution is -2.34. The summed E-state index contributed by atoms with van der Waals surface area (Å²) in [7, 11) is 3.90. The number of halogens is 1. The van der Waals surface area contributed by atoms with Gasteiger partial charge in [0.1, 0.15) is 5.82 Å². The summed E-state index contributed by atoms with van der Waals surface area (Å²) in [5.74, 6) is 0.173. The number of nitrogens with zero attached hydrogens (tertiary/aromatic N) is 2. The van der Waals surface area contributed by atoms with Gasteiger partial charge in [0.25, 0.3) is 0 Å². The van der Waals surface area contributed by atoms with Gasteiger partial charge >= 0.3 is 0 Å². The zero-order chi connectivity index (χ0) is 17.4. The highest BCUT2D eigenvalue weighted by atomic mass is 19.1. The fraction of sp³-hybridized carbons (Fsp3) is 0.316. The van der Waals surface area contributed by atoms with E-state index in [1.165, 1.54) is 11.6 Å². The molecular formula is C19H25FN4. The van der Waals surface area contributed by atoms with Crippen LogP contribution >= 0.6 is 0 Å². The molecule has 0 aromatic heterocycles. The number of benzene rings is 2. The standard InChI is InChI=1S/C19H25FN4/c1-24(2)18(16-9-6-10-17(20)13-16)14-23-19(21)22-12-11-15-7-4-3-5-8-15/h3-10,13,18H,11-12,14H2,1-2H3,(H3,21,22,23). The average molecular weight is 328 g/mol. The maximum absolute atomic E-state index is 13.4. The molecule has 0 aliphatic rings. The molecule has 1 atom stereocenters. The molecule has 5 heteroatoms. The average Bonchev–Trinajstić information content (AvgIpc) is 2.56. The van der Waals surface area contributed by atoms with Crippen molar-refractivity contribution < 1.29 is 4.39 Å². The lowest BCUT2D eigenvalue weighted by molar-refractivity contribution is 0.305. The third kappa shape index (κ3) is 5.66. The van der Waals surface area contributed by atoms with E-state index in [0.717, 1.165) is 18.5 Å². The van der Waals surface area contributed by atoms with Gasteiger partial charge in [0, 0.05) is 6.54 Å². The van der Waals surface area contributed by atoms with Crippen LogP contribution in [0.3, 0.4) is 0 Å². The molecule has 0 spiro atoms. The summed E-state index contributed by atoms with van der Waals surface area (Å²) >= 11 is 0. The number of hydrogen-bond acceptors (Lipinski definition) is 2. The lowest BCUT2D eigenvalue weighted by atomic mass is 10.1. The highest BCUT2D eigenvalue weighted by molar-refractivity contribution is 5.77. The highest BCUT2D eigenvalue weighted by Crippen LogP contribution is 2.19. The molecule has 0 heterocycles. The maximum Gasteiger partial charge on any atom is 0.188 e. The molecule has 0 amide bonds. The molecule has 128 valence electrons. The van der Waals surface area contributed by atoms with E-state index in [4.69, 9.17) is 5.73 Å². The van der Waals surface area contributed by atoms with Crippen LogP contribution in [0, 0.1) is 5.82 Å². The van der Waals surface area contributed by atoms with E-state index in [9.17, 15) is 4.39 Å². The van der Waals surface area contributed by atoms with E-state index in [0.29, 0.717) is 12.5 Å². The number of likely N-dealkylation sites (N-methyl/N-ethyl adjacent to an activating group) is 1. The Kier molecular flexibility index (Phi) is 6.75. The second kappa shape index (κ2) is 9.03. The van der Waals surface area contributed by atoms with Crippen LogP contribution in [0.25, 0.3) is 0 Å². The minimum atomic E-state index is -0.239. The summed E-state index contributed by atoms with van der Waals surface area (Å²) in [4.78, 5) is 6.41. The second-order valence-electron chi connectivity index (χ2n) is 5.92. The van der Waals surface area contributed by atoms with Gasteiger partial charge in [-0.25, -0.2) is 4.39 Å². The largest absolute Gasteiger partial charge is 0.370 e. The Hall–Kier alpha value is -2.40. The van der Waals surface area contributed by atoms with Gasteiger partial charge < -0.3 is 16.0 Å². The van der Waals surface area contributed by atoms with Crippen molar-refractivity contribution in [1.29, 1.82) is 0 Å². The van der Waals surface area contributed by atoms with Gasteiger partial charge in [-0.3, -0.25) is 4.99 Å². The van der Waals surface area contributed by atoms with Crippen molar-refractivity contribution in [3.8, 4) is 0 Å². The summed E-state index contributed by atoms with van der Waals surface area (Å²) < 4.78 is 13.4. The van der Waals surface area contributed by atoms with Crippen molar-refractivity contribution in [3.63, 3.8) is 0 Å². The van der Waals surface area contributed by atoms with Crippen LogP contribution in [0.2, 0.25) is 0 Å². The van der Waals surface area contributed by atoms with Crippen LogP contribution in [0.4, 0.5) is 4.39 Å². The van der Waals surface area contributed by atoms with E-state index in [1.807, 2.05) is 43.3 Å². The molecule has 0 bridgehead atoms. The fourth-order valence-electron chi connectivity index (χ4n) is 2.50. The van der Waals surface area contributed by atoms with Gasteiger partial charge in [0.05, 0.1) is 12.6 Å². The Morgan fingerprint density at radius 2 is 1.92 bits per heavy atom. The molecule has 24 heavy (non-hydrogen) atoms. The third-order valence-electron chi connectivity index (χ3n) is 3.85. The van der Waals surface area contributed by atoms with E-state index in [2.05, 4.69) is 22.4 Å². The lowest BCUT2D eigenvalue weighted by Gasteiger charge is -2.23. The minimum absolute atomic E-state index is 0.0184. The van der Waals surface area contributed by atoms with Crippen LogP contribution in [0.1, 0.15) is 17.2 Å². The summed E-state index contributed by atoms with van der Waals surface area (Å²) in [5.41, 5.74) is 8.08. The van der Waals surface area contributed by atoms with Crippen molar-refractivity contribution >= 4 is 5.96 Å². The van der Waals surface area contributed by atoms with E-state index >= 15 is 0 Å². The summed E-state index contributed by atoms with van der Waals surface area (Å²) in [6.45, 7) is 1.20. The molecule has 3 N–H and O–H groups in total. The third-order valence-corrected chi connectivity index (χ3v) is 3.85. The van der Waals surface area contributed by atoms with Crippen LogP contribution in [-0.2, 0) is 6.42 Å². The van der Waals surface area contributed by atoms with Crippen LogP contribution in [-0.4, -0.2) is 38.0 Å². The SMILES string of the molecule is CN(C)C(CN=C(N)NCCc1ccccc1)c1cccc(F)c1. The molecule has 0 aliphatic heterocycles. The van der Waals surface area contributed by atoms with Crippen LogP contribution in [0.15, 0.2) is 59.6 Å². The van der Waals surface area contributed by atoms with E-state index < -0.39 is 0 Å². The number of aliphatic imine (C=N–C) groups is 1. The van der Waals surface area contributed by atoms with Crippen LogP contribution in [0.5, 0.6) is 0 Å². The highest BCUT2D eigenvalue weighted by Gasteiger charge is 2.14. The molecular weight excluding hydrogens is 303 g/mol. The van der Waals surface area contributed by atoms with Gasteiger partial charge in [-0.15, -0.1) is 0 Å². The molecule has 1 unspecified atom stereocenters. The fourth-order valence-corrected chi connectivity index (χ4v) is 2.50. The molecule has 2 rings (SSSR count). The first-order valence-corrected chi connectivity index (χ1v) is 8.06. The molecule has 0 saturated heterocycles. The molecule has 0 radical (unpaired) electrons. The van der Waals surface area contributed by atoms with Crippen molar-refractivity contribution in [2.75, 3.05) is 27.2 Å². The number of nitrogens with one attached hydrogen (secondary N) is 1. The predicted molar refractivity (Wildman–Crippen MR) is 97.5 cm³/mol. The monoisotopic (exact) mass is 328 g/mol. The molecule has 2 aromatic rings. The van der Waals surface area contributed by atoms with Gasteiger partial charge in [0.2, 0.25) is 0 Å². The maximum atomic E-state index is 13.4. The normalized spacial score (nSPS) is 13.1. The molecule has 2 aromatic carbocycles. The van der Waals surface area contributed by atoms with Crippen molar-refractivity contribution in [2.24, 2.45) is 10.7 Å².